The zero-order valence-electron chi connectivity index (χ0n) is 12.0. The lowest BCUT2D eigenvalue weighted by molar-refractivity contribution is -0.00131. The van der Waals surface area contributed by atoms with Crippen molar-refractivity contribution in [3.8, 4) is 0 Å². The van der Waals surface area contributed by atoms with Crippen molar-refractivity contribution in [1.29, 1.82) is 0 Å². The van der Waals surface area contributed by atoms with Gasteiger partial charge in [-0.1, -0.05) is 34.6 Å². The minimum atomic E-state index is 0.346. The van der Waals surface area contributed by atoms with Gasteiger partial charge in [0.25, 0.3) is 0 Å². The van der Waals surface area contributed by atoms with E-state index in [2.05, 4.69) is 46.9 Å². The van der Waals surface area contributed by atoms with Crippen molar-refractivity contribution in [3.63, 3.8) is 0 Å². The lowest BCUT2D eigenvalue weighted by Crippen LogP contribution is -2.45. The molecule has 2 heteroatoms. The van der Waals surface area contributed by atoms with E-state index in [0.717, 1.165) is 19.1 Å². The van der Waals surface area contributed by atoms with Crippen molar-refractivity contribution in [2.75, 3.05) is 13.2 Å². The summed E-state index contributed by atoms with van der Waals surface area (Å²) in [6.45, 7) is 15.3. The van der Waals surface area contributed by atoms with Crippen LogP contribution >= 0.6 is 0 Å². The van der Waals surface area contributed by atoms with Crippen LogP contribution in [0.5, 0.6) is 0 Å². The van der Waals surface area contributed by atoms with Gasteiger partial charge in [0.15, 0.2) is 0 Å². The third kappa shape index (κ3) is 6.49. The first-order valence-electron chi connectivity index (χ1n) is 6.87. The number of hydrogen-bond acceptors (Lipinski definition) is 2. The molecule has 98 valence electrons. The highest BCUT2D eigenvalue weighted by atomic mass is 16.5. The minimum Gasteiger partial charge on any atom is -0.377 e. The van der Waals surface area contributed by atoms with E-state index in [1.807, 2.05) is 0 Å². The molecule has 2 nitrogen and oxygen atoms in total. The molecule has 0 fully saturated rings. The molecule has 1 N–H and O–H groups in total. The van der Waals surface area contributed by atoms with Crippen molar-refractivity contribution in [2.45, 2.75) is 66.5 Å². The average molecular weight is 229 g/mol. The smallest absolute Gasteiger partial charge is 0.0750 e. The Morgan fingerprint density at radius 2 is 1.69 bits per heavy atom. The average Bonchev–Trinajstić information content (AvgIpc) is 2.20. The van der Waals surface area contributed by atoms with Crippen LogP contribution in [0.2, 0.25) is 0 Å². The van der Waals surface area contributed by atoms with Crippen molar-refractivity contribution in [2.24, 2.45) is 11.8 Å². The molecule has 0 aliphatic rings. The molecule has 2 atom stereocenters. The molecule has 0 spiro atoms. The fraction of sp³-hybridized carbons (Fsp3) is 1.00. The van der Waals surface area contributed by atoms with Gasteiger partial charge < -0.3 is 10.1 Å². The predicted octanol–water partition coefficient (Wildman–Crippen LogP) is 3.46. The molecule has 0 radical (unpaired) electrons. The number of ether oxygens (including phenoxy) is 1. The van der Waals surface area contributed by atoms with E-state index >= 15 is 0 Å². The SMILES string of the molecule is CCCNC(CC(C)C)C(OCC)C(C)C. The van der Waals surface area contributed by atoms with Crippen LogP contribution < -0.4 is 5.32 Å². The van der Waals surface area contributed by atoms with Crippen LogP contribution in [0.4, 0.5) is 0 Å². The summed E-state index contributed by atoms with van der Waals surface area (Å²) < 4.78 is 5.90. The molecule has 2 unspecified atom stereocenters. The minimum absolute atomic E-state index is 0.346. The first-order valence-corrected chi connectivity index (χ1v) is 6.87. The fourth-order valence-electron chi connectivity index (χ4n) is 2.14. The van der Waals surface area contributed by atoms with Gasteiger partial charge in [-0.15, -0.1) is 0 Å². The van der Waals surface area contributed by atoms with Gasteiger partial charge in [0.05, 0.1) is 6.10 Å². The van der Waals surface area contributed by atoms with Crippen molar-refractivity contribution < 1.29 is 4.74 Å². The summed E-state index contributed by atoms with van der Waals surface area (Å²) in [6, 6.07) is 0.500. The Morgan fingerprint density at radius 1 is 1.06 bits per heavy atom. The van der Waals surface area contributed by atoms with Gasteiger partial charge in [0.1, 0.15) is 0 Å². The molecule has 0 aliphatic heterocycles. The van der Waals surface area contributed by atoms with Crippen LogP contribution in [0.3, 0.4) is 0 Å². The lowest BCUT2D eigenvalue weighted by Gasteiger charge is -2.32. The number of nitrogens with one attached hydrogen (secondary N) is 1. The standard InChI is InChI=1S/C14H31NO/c1-7-9-15-13(10-11(3)4)14(12(5)6)16-8-2/h11-15H,7-10H2,1-6H3. The molecule has 0 saturated carbocycles. The maximum Gasteiger partial charge on any atom is 0.0750 e. The Balaban J connectivity index is 4.39. The van der Waals surface area contributed by atoms with Gasteiger partial charge in [-0.3, -0.25) is 0 Å². The summed E-state index contributed by atoms with van der Waals surface area (Å²) in [7, 11) is 0. The highest BCUT2D eigenvalue weighted by Crippen LogP contribution is 2.17. The normalized spacial score (nSPS) is 15.8. The quantitative estimate of drug-likeness (QED) is 0.654. The van der Waals surface area contributed by atoms with Gasteiger partial charge in [0.2, 0.25) is 0 Å². The van der Waals surface area contributed by atoms with Crippen LogP contribution in [0.25, 0.3) is 0 Å². The first kappa shape index (κ1) is 15.9. The number of hydrogen-bond donors (Lipinski definition) is 1. The topological polar surface area (TPSA) is 21.3 Å². The summed E-state index contributed by atoms with van der Waals surface area (Å²) in [6.07, 6.45) is 2.73. The van der Waals surface area contributed by atoms with Crippen molar-refractivity contribution >= 4 is 0 Å². The molecule has 0 aromatic rings. The highest BCUT2D eigenvalue weighted by molar-refractivity contribution is 4.80. The van der Waals surface area contributed by atoms with Gasteiger partial charge in [-0.05, 0) is 38.1 Å². The zero-order valence-corrected chi connectivity index (χ0v) is 12.0. The molecule has 0 heterocycles. The van der Waals surface area contributed by atoms with Gasteiger partial charge in [-0.25, -0.2) is 0 Å². The lowest BCUT2D eigenvalue weighted by atomic mass is 9.92. The van der Waals surface area contributed by atoms with Gasteiger partial charge in [-0.2, -0.15) is 0 Å². The van der Waals surface area contributed by atoms with E-state index in [1.54, 1.807) is 0 Å². The summed E-state index contributed by atoms with van der Waals surface area (Å²) in [4.78, 5) is 0. The molecule has 0 rings (SSSR count). The fourth-order valence-corrected chi connectivity index (χ4v) is 2.14. The Morgan fingerprint density at radius 3 is 2.06 bits per heavy atom. The Hall–Kier alpha value is -0.0800. The van der Waals surface area contributed by atoms with Crippen LogP contribution in [0.1, 0.15) is 54.4 Å². The maximum absolute atomic E-state index is 5.90. The molecule has 0 saturated heterocycles. The van der Waals surface area contributed by atoms with Crippen LogP contribution in [0, 0.1) is 11.8 Å². The van der Waals surface area contributed by atoms with Crippen molar-refractivity contribution in [1.82, 2.24) is 5.32 Å². The van der Waals surface area contributed by atoms with E-state index in [9.17, 15) is 0 Å². The van der Waals surface area contributed by atoms with E-state index < -0.39 is 0 Å². The molecular formula is C14H31NO. The van der Waals surface area contributed by atoms with Crippen molar-refractivity contribution in [3.05, 3.63) is 0 Å². The molecule has 16 heavy (non-hydrogen) atoms. The second-order valence-corrected chi connectivity index (χ2v) is 5.35. The molecule has 0 aromatic heterocycles. The first-order chi connectivity index (χ1) is 7.52. The maximum atomic E-state index is 5.90. The molecule has 0 aliphatic carbocycles. The van der Waals surface area contributed by atoms with Crippen LogP contribution in [-0.2, 0) is 4.74 Å². The third-order valence-corrected chi connectivity index (χ3v) is 2.79. The van der Waals surface area contributed by atoms with E-state index in [1.165, 1.54) is 12.8 Å². The summed E-state index contributed by atoms with van der Waals surface area (Å²) in [5.74, 6) is 1.30. The molecule has 0 bridgehead atoms. The van der Waals surface area contributed by atoms with Crippen LogP contribution in [0.15, 0.2) is 0 Å². The number of rotatable bonds is 9. The van der Waals surface area contributed by atoms with E-state index in [-0.39, 0.29) is 0 Å². The summed E-state index contributed by atoms with van der Waals surface area (Å²) in [5, 5.41) is 3.64. The highest BCUT2D eigenvalue weighted by Gasteiger charge is 2.24. The van der Waals surface area contributed by atoms with E-state index in [0.29, 0.717) is 18.1 Å². The Bertz CT molecular complexity index is 157. The van der Waals surface area contributed by atoms with Crippen LogP contribution in [-0.4, -0.2) is 25.3 Å². The summed E-state index contributed by atoms with van der Waals surface area (Å²) in [5.41, 5.74) is 0. The monoisotopic (exact) mass is 229 g/mol. The second kappa shape index (κ2) is 9.00. The predicted molar refractivity (Wildman–Crippen MR) is 71.8 cm³/mol. The molecular weight excluding hydrogens is 198 g/mol. The second-order valence-electron chi connectivity index (χ2n) is 5.35. The van der Waals surface area contributed by atoms with E-state index in [4.69, 9.17) is 4.74 Å². The Kier molecular flexibility index (Phi) is 8.96. The molecule has 0 amide bonds. The van der Waals surface area contributed by atoms with Gasteiger partial charge >= 0.3 is 0 Å². The Labute approximate surface area is 102 Å². The molecule has 0 aromatic carbocycles. The largest absolute Gasteiger partial charge is 0.377 e. The summed E-state index contributed by atoms with van der Waals surface area (Å²) >= 11 is 0. The zero-order chi connectivity index (χ0) is 12.6. The third-order valence-electron chi connectivity index (χ3n) is 2.79. The van der Waals surface area contributed by atoms with Gasteiger partial charge in [0, 0.05) is 12.6 Å².